The zero-order valence-electron chi connectivity index (χ0n) is 20.7. The monoisotopic (exact) mass is 524 g/mol. The third-order valence-corrected chi connectivity index (χ3v) is 6.68. The number of pyridine rings is 1. The maximum atomic E-state index is 13.4. The van der Waals surface area contributed by atoms with Crippen LogP contribution in [0.25, 0.3) is 0 Å². The summed E-state index contributed by atoms with van der Waals surface area (Å²) in [6.45, 7) is 7.79. The second-order valence-corrected chi connectivity index (χ2v) is 10.8. The Hall–Kier alpha value is -3.10. The van der Waals surface area contributed by atoms with E-state index in [0.717, 1.165) is 17.0 Å². The second kappa shape index (κ2) is 10.9. The quantitative estimate of drug-likeness (QED) is 0.488. The number of fused-ring (bicyclic) bond motifs is 1. The Morgan fingerprint density at radius 2 is 2.00 bits per heavy atom. The first-order valence-electron chi connectivity index (χ1n) is 11.7. The SMILES string of the molecule is CC1=C(C(=O)OC(C)(C)C)[C@@H](c2cccc(Cl)c2)N2C(CC(=O)NCCc3ccccn3)=CSC2=N1. The molecule has 0 spiro atoms. The predicted molar refractivity (Wildman–Crippen MR) is 143 cm³/mol. The van der Waals surface area contributed by atoms with E-state index in [0.29, 0.717) is 34.4 Å². The molecule has 36 heavy (non-hydrogen) atoms. The molecule has 1 N–H and O–H groups in total. The van der Waals surface area contributed by atoms with Crippen molar-refractivity contribution in [2.75, 3.05) is 6.54 Å². The Morgan fingerprint density at radius 3 is 2.69 bits per heavy atom. The highest BCUT2D eigenvalue weighted by molar-refractivity contribution is 8.16. The molecule has 0 unspecified atom stereocenters. The van der Waals surface area contributed by atoms with Crippen molar-refractivity contribution in [1.29, 1.82) is 0 Å². The number of hydrogen-bond acceptors (Lipinski definition) is 7. The van der Waals surface area contributed by atoms with Crippen molar-refractivity contribution in [3.8, 4) is 0 Å². The molecule has 2 aromatic rings. The van der Waals surface area contributed by atoms with E-state index >= 15 is 0 Å². The van der Waals surface area contributed by atoms with Crippen molar-refractivity contribution in [2.24, 2.45) is 4.99 Å². The number of amides is 1. The van der Waals surface area contributed by atoms with Crippen LogP contribution in [-0.4, -0.2) is 39.1 Å². The van der Waals surface area contributed by atoms with Crippen LogP contribution < -0.4 is 5.32 Å². The lowest BCUT2D eigenvalue weighted by Gasteiger charge is -2.37. The third-order valence-electron chi connectivity index (χ3n) is 5.56. The van der Waals surface area contributed by atoms with Gasteiger partial charge in [-0.25, -0.2) is 9.79 Å². The summed E-state index contributed by atoms with van der Waals surface area (Å²) in [7, 11) is 0. The normalized spacial score (nSPS) is 17.4. The summed E-state index contributed by atoms with van der Waals surface area (Å²) < 4.78 is 5.75. The molecule has 2 aliphatic heterocycles. The number of carbonyl (C=O) groups is 2. The molecule has 3 heterocycles. The van der Waals surface area contributed by atoms with Gasteiger partial charge < -0.3 is 15.0 Å². The van der Waals surface area contributed by atoms with Gasteiger partial charge in [0.1, 0.15) is 5.60 Å². The van der Waals surface area contributed by atoms with E-state index < -0.39 is 17.6 Å². The Bertz CT molecular complexity index is 1250. The molecule has 9 heteroatoms. The van der Waals surface area contributed by atoms with Gasteiger partial charge in [0.15, 0.2) is 5.17 Å². The number of rotatable bonds is 7. The Labute approximate surface area is 220 Å². The topological polar surface area (TPSA) is 83.9 Å². The summed E-state index contributed by atoms with van der Waals surface area (Å²) >= 11 is 7.77. The van der Waals surface area contributed by atoms with Gasteiger partial charge in [-0.2, -0.15) is 0 Å². The van der Waals surface area contributed by atoms with Gasteiger partial charge in [-0.05, 0) is 62.9 Å². The zero-order valence-corrected chi connectivity index (χ0v) is 22.3. The maximum absolute atomic E-state index is 13.4. The fourth-order valence-corrected chi connectivity index (χ4v) is 5.22. The number of nitrogens with zero attached hydrogens (tertiary/aromatic N) is 3. The fourth-order valence-electron chi connectivity index (χ4n) is 4.06. The van der Waals surface area contributed by atoms with Crippen LogP contribution in [0.4, 0.5) is 0 Å². The van der Waals surface area contributed by atoms with Gasteiger partial charge in [-0.3, -0.25) is 9.78 Å². The van der Waals surface area contributed by atoms with Crippen LogP contribution in [0, 0.1) is 0 Å². The van der Waals surface area contributed by atoms with E-state index in [1.807, 2.05) is 74.4 Å². The van der Waals surface area contributed by atoms with Gasteiger partial charge in [-0.1, -0.05) is 41.6 Å². The number of thioether (sulfide) groups is 1. The number of allylic oxidation sites excluding steroid dienone is 1. The number of hydrogen-bond donors (Lipinski definition) is 1. The molecular formula is C27H29ClN4O3S. The highest BCUT2D eigenvalue weighted by Crippen LogP contribution is 2.45. The number of nitrogens with one attached hydrogen (secondary N) is 1. The highest BCUT2D eigenvalue weighted by atomic mass is 35.5. The van der Waals surface area contributed by atoms with Gasteiger partial charge in [-0.15, -0.1) is 0 Å². The smallest absolute Gasteiger partial charge is 0.338 e. The molecule has 0 fully saturated rings. The number of esters is 1. The minimum atomic E-state index is -0.667. The molecule has 1 atom stereocenters. The van der Waals surface area contributed by atoms with Crippen LogP contribution in [0.2, 0.25) is 5.02 Å². The van der Waals surface area contributed by atoms with Crippen molar-refractivity contribution >= 4 is 40.4 Å². The number of amidine groups is 1. The number of carbonyl (C=O) groups excluding carboxylic acids is 2. The predicted octanol–water partition coefficient (Wildman–Crippen LogP) is 5.40. The van der Waals surface area contributed by atoms with Crippen molar-refractivity contribution < 1.29 is 14.3 Å². The van der Waals surface area contributed by atoms with Gasteiger partial charge in [0.05, 0.1) is 23.7 Å². The summed E-state index contributed by atoms with van der Waals surface area (Å²) in [5, 5.41) is 6.15. The lowest BCUT2D eigenvalue weighted by atomic mass is 9.93. The summed E-state index contributed by atoms with van der Waals surface area (Å²) in [4.78, 5) is 37.2. The van der Waals surface area contributed by atoms with Crippen molar-refractivity contribution in [3.05, 3.63) is 87.3 Å². The molecule has 0 bridgehead atoms. The maximum Gasteiger partial charge on any atom is 0.338 e. The van der Waals surface area contributed by atoms with E-state index in [2.05, 4.69) is 10.3 Å². The van der Waals surface area contributed by atoms with Gasteiger partial charge in [0, 0.05) is 35.6 Å². The first kappa shape index (κ1) is 26.0. The first-order valence-corrected chi connectivity index (χ1v) is 13.0. The average Bonchev–Trinajstić information content (AvgIpc) is 3.19. The molecule has 0 saturated heterocycles. The number of aromatic nitrogens is 1. The molecule has 2 aliphatic rings. The zero-order chi connectivity index (χ0) is 25.9. The van der Waals surface area contributed by atoms with Gasteiger partial charge >= 0.3 is 5.97 Å². The number of ether oxygens (including phenoxy) is 1. The molecule has 1 aromatic heterocycles. The van der Waals surface area contributed by atoms with Crippen LogP contribution >= 0.6 is 23.4 Å². The van der Waals surface area contributed by atoms with E-state index in [1.165, 1.54) is 11.8 Å². The van der Waals surface area contributed by atoms with Crippen LogP contribution in [-0.2, 0) is 20.7 Å². The lowest BCUT2D eigenvalue weighted by molar-refractivity contribution is -0.150. The van der Waals surface area contributed by atoms with Crippen LogP contribution in [0.15, 0.2) is 76.0 Å². The van der Waals surface area contributed by atoms with Crippen LogP contribution in [0.3, 0.4) is 0 Å². The Morgan fingerprint density at radius 1 is 1.19 bits per heavy atom. The van der Waals surface area contributed by atoms with Crippen LogP contribution in [0.5, 0.6) is 0 Å². The molecule has 7 nitrogen and oxygen atoms in total. The van der Waals surface area contributed by atoms with Crippen molar-refractivity contribution in [2.45, 2.75) is 52.2 Å². The molecular weight excluding hydrogens is 496 g/mol. The standard InChI is InChI=1S/C27H29ClN4O3S/c1-17-23(25(34)35-27(2,3)4)24(18-8-7-9-19(28)14-18)32-21(16-36-26(32)31-17)15-22(33)30-13-11-20-10-5-6-12-29-20/h5-10,12,14,16,24H,11,13,15H2,1-4H3,(H,30,33)/t24-/m1/s1. The molecule has 0 radical (unpaired) electrons. The summed E-state index contributed by atoms with van der Waals surface area (Å²) in [6, 6.07) is 12.6. The van der Waals surface area contributed by atoms with Crippen molar-refractivity contribution in [1.82, 2.24) is 15.2 Å². The van der Waals surface area contributed by atoms with E-state index in [9.17, 15) is 9.59 Å². The number of aliphatic imine (C=N–C) groups is 1. The van der Waals surface area contributed by atoms with Gasteiger partial charge in [0.25, 0.3) is 0 Å². The van der Waals surface area contributed by atoms with Gasteiger partial charge in [0.2, 0.25) is 5.91 Å². The lowest BCUT2D eigenvalue weighted by Crippen LogP contribution is -2.39. The second-order valence-electron chi connectivity index (χ2n) is 9.55. The van der Waals surface area contributed by atoms with Crippen molar-refractivity contribution in [3.63, 3.8) is 0 Å². The van der Waals surface area contributed by atoms with E-state index in [-0.39, 0.29) is 12.3 Å². The minimum absolute atomic E-state index is 0.117. The molecule has 0 aliphatic carbocycles. The summed E-state index contributed by atoms with van der Waals surface area (Å²) in [6.07, 6.45) is 2.53. The van der Waals surface area contributed by atoms with Crippen LogP contribution in [0.1, 0.15) is 51.4 Å². The Kier molecular flexibility index (Phi) is 7.85. The minimum Gasteiger partial charge on any atom is -0.456 e. The number of benzene rings is 1. The van der Waals surface area contributed by atoms with E-state index in [4.69, 9.17) is 21.3 Å². The van der Waals surface area contributed by atoms with E-state index in [1.54, 1.807) is 12.3 Å². The molecule has 1 aromatic carbocycles. The molecule has 1 amide bonds. The fraction of sp³-hybridized carbons (Fsp3) is 0.333. The molecule has 0 saturated carbocycles. The molecule has 4 rings (SSSR count). The number of halogens is 1. The largest absolute Gasteiger partial charge is 0.456 e. The first-order chi connectivity index (χ1) is 17.1. The Balaban J connectivity index is 1.58. The third kappa shape index (κ3) is 6.17. The molecule has 188 valence electrons. The average molecular weight is 525 g/mol. The highest BCUT2D eigenvalue weighted by Gasteiger charge is 2.41. The summed E-state index contributed by atoms with van der Waals surface area (Å²) in [5.41, 5.74) is 2.84. The summed E-state index contributed by atoms with van der Waals surface area (Å²) in [5.74, 6) is -0.558.